The topological polar surface area (TPSA) is 73.9 Å². The van der Waals surface area contributed by atoms with E-state index in [9.17, 15) is 5.11 Å². The third kappa shape index (κ3) is 2.69. The van der Waals surface area contributed by atoms with Crippen LogP contribution in [0.25, 0.3) is 0 Å². The summed E-state index contributed by atoms with van der Waals surface area (Å²) in [6.07, 6.45) is 4.92. The molecule has 20 heavy (non-hydrogen) atoms. The van der Waals surface area contributed by atoms with E-state index in [4.69, 9.17) is 19.9 Å². The quantitative estimate of drug-likeness (QED) is 0.881. The van der Waals surface area contributed by atoms with Crippen LogP contribution >= 0.6 is 0 Å². The number of hydrogen-bond acceptors (Lipinski definition) is 5. The maximum atomic E-state index is 10.5. The van der Waals surface area contributed by atoms with E-state index in [-0.39, 0.29) is 6.79 Å². The average Bonchev–Trinajstić information content (AvgIpc) is 2.92. The summed E-state index contributed by atoms with van der Waals surface area (Å²) in [6.45, 7) is 0.900. The lowest BCUT2D eigenvalue weighted by atomic mass is 9.85. The smallest absolute Gasteiger partial charge is 0.231 e. The van der Waals surface area contributed by atoms with Crippen molar-refractivity contribution in [3.05, 3.63) is 17.7 Å². The molecule has 0 saturated heterocycles. The minimum absolute atomic E-state index is 0.229. The first kappa shape index (κ1) is 13.5. The molecule has 0 radical (unpaired) electrons. The van der Waals surface area contributed by atoms with Crippen molar-refractivity contribution in [1.29, 1.82) is 0 Å². The van der Waals surface area contributed by atoms with E-state index in [0.717, 1.165) is 31.2 Å². The Morgan fingerprint density at radius 3 is 2.55 bits per heavy atom. The molecule has 5 heteroatoms. The van der Waals surface area contributed by atoms with Crippen LogP contribution in [0, 0.1) is 0 Å². The monoisotopic (exact) mass is 279 g/mol. The molecule has 1 aromatic rings. The van der Waals surface area contributed by atoms with Crippen LogP contribution in [0.4, 0.5) is 0 Å². The summed E-state index contributed by atoms with van der Waals surface area (Å²) in [5, 5.41) is 10.5. The van der Waals surface area contributed by atoms with Crippen LogP contribution in [0.2, 0.25) is 0 Å². The molecule has 0 bridgehead atoms. The Bertz CT molecular complexity index is 483. The van der Waals surface area contributed by atoms with Gasteiger partial charge in [0, 0.05) is 18.2 Å². The van der Waals surface area contributed by atoms with Crippen molar-refractivity contribution in [2.24, 2.45) is 5.73 Å². The fourth-order valence-corrected chi connectivity index (χ4v) is 2.83. The highest BCUT2D eigenvalue weighted by Crippen LogP contribution is 2.38. The molecule has 0 unspecified atom stereocenters. The van der Waals surface area contributed by atoms with Crippen molar-refractivity contribution in [3.63, 3.8) is 0 Å². The molecule has 1 saturated carbocycles. The number of nitrogens with two attached hydrogens (primary N) is 1. The first-order valence-electron chi connectivity index (χ1n) is 7.18. The molecule has 3 rings (SSSR count). The van der Waals surface area contributed by atoms with Gasteiger partial charge in [-0.2, -0.15) is 0 Å². The van der Waals surface area contributed by atoms with Gasteiger partial charge in [-0.25, -0.2) is 0 Å². The summed E-state index contributed by atoms with van der Waals surface area (Å²) in [7, 11) is 0. The fraction of sp³-hybridized carbons (Fsp3) is 0.600. The molecule has 0 spiro atoms. The molecule has 0 amide bonds. The lowest BCUT2D eigenvalue weighted by Crippen LogP contribution is -2.38. The van der Waals surface area contributed by atoms with E-state index in [1.807, 2.05) is 6.07 Å². The molecular weight excluding hydrogens is 258 g/mol. The molecule has 2 aliphatic rings. The Hall–Kier alpha value is -1.46. The van der Waals surface area contributed by atoms with E-state index in [2.05, 4.69) is 0 Å². The van der Waals surface area contributed by atoms with Crippen molar-refractivity contribution in [2.45, 2.75) is 44.2 Å². The first-order chi connectivity index (χ1) is 9.70. The molecule has 3 N–H and O–H groups in total. The number of aliphatic hydroxyl groups is 1. The zero-order chi connectivity index (χ0) is 14.0. The third-order valence-corrected chi connectivity index (χ3v) is 4.06. The van der Waals surface area contributed by atoms with Gasteiger partial charge < -0.3 is 25.1 Å². The summed E-state index contributed by atoms with van der Waals surface area (Å²) >= 11 is 0. The third-order valence-electron chi connectivity index (χ3n) is 4.06. The number of fused-ring (bicyclic) bond motifs is 1. The predicted molar refractivity (Wildman–Crippen MR) is 74.0 cm³/mol. The van der Waals surface area contributed by atoms with Crippen LogP contribution in [0.1, 0.15) is 37.7 Å². The number of ether oxygens (including phenoxy) is 3. The Labute approximate surface area is 118 Å². The lowest BCUT2D eigenvalue weighted by molar-refractivity contribution is -0.0341. The SMILES string of the molecule is NCc1cc2c(cc1OCC1(O)CCCCC1)OCO2. The highest BCUT2D eigenvalue weighted by Gasteiger charge is 2.30. The predicted octanol–water partition coefficient (Wildman–Crippen LogP) is 1.95. The standard InChI is InChI=1S/C15H21NO4/c16-8-11-6-13-14(20-10-19-13)7-12(11)18-9-15(17)4-2-1-3-5-15/h6-7,17H,1-5,8-10,16H2. The van der Waals surface area contributed by atoms with E-state index >= 15 is 0 Å². The second-order valence-electron chi connectivity index (χ2n) is 5.59. The summed E-state index contributed by atoms with van der Waals surface area (Å²) in [5.74, 6) is 2.05. The summed E-state index contributed by atoms with van der Waals surface area (Å²) < 4.78 is 16.5. The van der Waals surface area contributed by atoms with Crippen molar-refractivity contribution in [1.82, 2.24) is 0 Å². The Morgan fingerprint density at radius 2 is 1.85 bits per heavy atom. The maximum absolute atomic E-state index is 10.5. The lowest BCUT2D eigenvalue weighted by Gasteiger charge is -2.32. The second-order valence-corrected chi connectivity index (χ2v) is 5.59. The summed E-state index contributed by atoms with van der Waals surface area (Å²) in [4.78, 5) is 0. The van der Waals surface area contributed by atoms with E-state index in [0.29, 0.717) is 30.4 Å². The highest BCUT2D eigenvalue weighted by molar-refractivity contribution is 5.51. The molecule has 0 atom stereocenters. The van der Waals surface area contributed by atoms with Gasteiger partial charge in [0.15, 0.2) is 11.5 Å². The molecule has 1 aliphatic heterocycles. The molecule has 1 fully saturated rings. The fourth-order valence-electron chi connectivity index (χ4n) is 2.83. The zero-order valence-corrected chi connectivity index (χ0v) is 11.6. The molecule has 5 nitrogen and oxygen atoms in total. The first-order valence-corrected chi connectivity index (χ1v) is 7.18. The Morgan fingerprint density at radius 1 is 1.15 bits per heavy atom. The van der Waals surface area contributed by atoms with Gasteiger partial charge in [0.1, 0.15) is 12.4 Å². The van der Waals surface area contributed by atoms with Crippen molar-refractivity contribution in [2.75, 3.05) is 13.4 Å². The molecule has 1 heterocycles. The van der Waals surface area contributed by atoms with Gasteiger partial charge in [-0.1, -0.05) is 19.3 Å². The van der Waals surface area contributed by atoms with E-state index in [1.165, 1.54) is 6.42 Å². The van der Waals surface area contributed by atoms with Crippen molar-refractivity contribution in [3.8, 4) is 17.2 Å². The van der Waals surface area contributed by atoms with Crippen LogP contribution in [0.3, 0.4) is 0 Å². The van der Waals surface area contributed by atoms with Gasteiger partial charge in [-0.3, -0.25) is 0 Å². The molecule has 1 aromatic carbocycles. The number of rotatable bonds is 4. The van der Waals surface area contributed by atoms with Crippen LogP contribution in [0.5, 0.6) is 17.2 Å². The number of hydrogen-bond donors (Lipinski definition) is 2. The van der Waals surface area contributed by atoms with Gasteiger partial charge in [-0.15, -0.1) is 0 Å². The van der Waals surface area contributed by atoms with Crippen molar-refractivity contribution >= 4 is 0 Å². The maximum Gasteiger partial charge on any atom is 0.231 e. The highest BCUT2D eigenvalue weighted by atomic mass is 16.7. The molecule has 0 aromatic heterocycles. The van der Waals surface area contributed by atoms with Gasteiger partial charge in [0.05, 0.1) is 5.60 Å². The summed E-state index contributed by atoms with van der Waals surface area (Å²) in [6, 6.07) is 3.65. The van der Waals surface area contributed by atoms with Gasteiger partial charge in [0.25, 0.3) is 0 Å². The van der Waals surface area contributed by atoms with Crippen LogP contribution in [0.15, 0.2) is 12.1 Å². The van der Waals surface area contributed by atoms with Crippen LogP contribution < -0.4 is 19.9 Å². The average molecular weight is 279 g/mol. The summed E-state index contributed by atoms with van der Waals surface area (Å²) in [5.41, 5.74) is 5.91. The van der Waals surface area contributed by atoms with Crippen LogP contribution in [-0.2, 0) is 6.54 Å². The van der Waals surface area contributed by atoms with Gasteiger partial charge >= 0.3 is 0 Å². The molecular formula is C15H21NO4. The normalized spacial score (nSPS) is 19.9. The molecule has 110 valence electrons. The Kier molecular flexibility index (Phi) is 3.72. The number of benzene rings is 1. The largest absolute Gasteiger partial charge is 0.490 e. The van der Waals surface area contributed by atoms with E-state index < -0.39 is 5.60 Å². The van der Waals surface area contributed by atoms with Gasteiger partial charge in [0.2, 0.25) is 6.79 Å². The minimum Gasteiger partial charge on any atom is -0.490 e. The zero-order valence-electron chi connectivity index (χ0n) is 11.6. The van der Waals surface area contributed by atoms with Gasteiger partial charge in [-0.05, 0) is 18.9 Å². The molecule has 1 aliphatic carbocycles. The minimum atomic E-state index is -0.708. The van der Waals surface area contributed by atoms with Crippen molar-refractivity contribution < 1.29 is 19.3 Å². The second kappa shape index (κ2) is 5.50. The van der Waals surface area contributed by atoms with Crippen LogP contribution in [-0.4, -0.2) is 24.1 Å². The van der Waals surface area contributed by atoms with E-state index in [1.54, 1.807) is 6.07 Å². The Balaban J connectivity index is 1.73.